The molecule has 0 unspecified atom stereocenters. The van der Waals surface area contributed by atoms with Crippen LogP contribution in [0.1, 0.15) is 87.4 Å². The third-order valence-corrected chi connectivity index (χ3v) is 10.6. The van der Waals surface area contributed by atoms with Gasteiger partial charge in [0.15, 0.2) is 5.65 Å². The van der Waals surface area contributed by atoms with Gasteiger partial charge in [-0.15, -0.1) is 10.2 Å². The van der Waals surface area contributed by atoms with Gasteiger partial charge < -0.3 is 15.0 Å². The van der Waals surface area contributed by atoms with Crippen molar-refractivity contribution in [2.45, 2.75) is 76.9 Å². The van der Waals surface area contributed by atoms with Crippen LogP contribution >= 0.6 is 11.6 Å². The number of carbonyl (C=O) groups is 1. The Morgan fingerprint density at radius 1 is 0.981 bits per heavy atom. The summed E-state index contributed by atoms with van der Waals surface area (Å²) in [5.41, 5.74) is 4.63. The van der Waals surface area contributed by atoms with Gasteiger partial charge in [0.25, 0.3) is 10.1 Å². The van der Waals surface area contributed by atoms with E-state index in [0.717, 1.165) is 66.4 Å². The molecule has 4 heterocycles. The second kappa shape index (κ2) is 15.0. The molecule has 2 N–H and O–H groups in total. The largest absolute Gasteiger partial charge is 0.484 e. The number of halogens is 1. The van der Waals surface area contributed by atoms with E-state index in [4.69, 9.17) is 25.6 Å². The molecule has 2 aliphatic rings. The van der Waals surface area contributed by atoms with Gasteiger partial charge >= 0.3 is 6.03 Å². The number of carbonyl (C=O) groups excluding carboxylic acids is 1. The highest BCUT2D eigenvalue weighted by molar-refractivity contribution is 7.85. The van der Waals surface area contributed by atoms with E-state index in [1.54, 1.807) is 16.8 Å². The van der Waals surface area contributed by atoms with Crippen molar-refractivity contribution in [1.82, 2.24) is 29.7 Å². The van der Waals surface area contributed by atoms with Gasteiger partial charge in [0, 0.05) is 29.6 Å². The number of pyridine rings is 1. The van der Waals surface area contributed by atoms with Crippen molar-refractivity contribution < 1.29 is 22.1 Å². The topological polar surface area (TPSA) is 145 Å². The average Bonchev–Trinajstić information content (AvgIpc) is 3.75. The summed E-state index contributed by atoms with van der Waals surface area (Å²) in [7, 11) is -3.59. The van der Waals surface area contributed by atoms with Crippen LogP contribution in [0.4, 0.5) is 16.6 Å². The number of hydrogen-bond acceptors (Lipinski definition) is 9. The number of piperidine rings is 1. The summed E-state index contributed by atoms with van der Waals surface area (Å²) < 4.78 is 38.2. The maximum absolute atomic E-state index is 13.7. The molecule has 5 aromatic rings. The van der Waals surface area contributed by atoms with E-state index in [0.29, 0.717) is 34.9 Å². The first kappa shape index (κ1) is 36.7. The van der Waals surface area contributed by atoms with E-state index >= 15 is 0 Å². The monoisotopic (exact) mass is 760 g/mol. The fourth-order valence-corrected chi connectivity index (χ4v) is 7.56. The number of urea groups is 1. The smallest absolute Gasteiger partial charge is 0.320 e. The Morgan fingerprint density at radius 3 is 2.51 bits per heavy atom. The molecule has 1 saturated heterocycles. The van der Waals surface area contributed by atoms with Crippen molar-refractivity contribution in [1.29, 1.82) is 0 Å². The quantitative estimate of drug-likeness (QED) is 0.142. The van der Waals surface area contributed by atoms with Crippen molar-refractivity contribution in [2.75, 3.05) is 36.2 Å². The van der Waals surface area contributed by atoms with Crippen LogP contribution in [0.2, 0.25) is 5.02 Å². The van der Waals surface area contributed by atoms with Gasteiger partial charge in [-0.3, -0.25) is 13.9 Å². The normalized spacial score (nSPS) is 17.8. The van der Waals surface area contributed by atoms with E-state index < -0.39 is 10.1 Å². The Hall–Kier alpha value is -4.66. The van der Waals surface area contributed by atoms with E-state index in [9.17, 15) is 13.2 Å². The fraction of sp³-hybridized carbons (Fsp3) is 0.421. The van der Waals surface area contributed by atoms with Gasteiger partial charge in [0.1, 0.15) is 17.7 Å². The molecule has 0 bridgehead atoms. The first-order chi connectivity index (χ1) is 25.3. The molecule has 280 valence electrons. The van der Waals surface area contributed by atoms with Gasteiger partial charge in [-0.1, -0.05) is 56.6 Å². The molecule has 0 saturated carbocycles. The van der Waals surface area contributed by atoms with Crippen molar-refractivity contribution in [3.05, 3.63) is 94.3 Å². The zero-order valence-electron chi connectivity index (χ0n) is 30.4. The molecule has 1 aliphatic carbocycles. The molecule has 0 radical (unpaired) electrons. The Kier molecular flexibility index (Phi) is 10.4. The summed E-state index contributed by atoms with van der Waals surface area (Å²) >= 11 is 6.46. The molecule has 53 heavy (non-hydrogen) atoms. The Bertz CT molecular complexity index is 2220. The van der Waals surface area contributed by atoms with Crippen LogP contribution in [0.3, 0.4) is 0 Å². The molecule has 15 heteroatoms. The number of nitrogens with zero attached hydrogens (tertiary/aromatic N) is 6. The summed E-state index contributed by atoms with van der Waals surface area (Å²) in [6.07, 6.45) is 7.97. The van der Waals surface area contributed by atoms with Crippen LogP contribution in [-0.4, -0.2) is 64.8 Å². The minimum absolute atomic E-state index is 0.0480. The first-order valence-corrected chi connectivity index (χ1v) is 20.2. The van der Waals surface area contributed by atoms with Gasteiger partial charge in [0.2, 0.25) is 5.95 Å². The molecule has 2 atom stereocenters. The van der Waals surface area contributed by atoms with Gasteiger partial charge in [-0.25, -0.2) is 9.48 Å². The van der Waals surface area contributed by atoms with E-state index in [1.807, 2.05) is 53.1 Å². The number of nitrogens with one attached hydrogen (secondary N) is 2. The standard InChI is InChI=1S/C38H45ClN8O5S/c1-38(2,3)33-23-35(47(44-33)26-12-14-30(39)25(22-26)18-21-51-53(4,49)50)41-36(48)40-31-15-16-32(29-11-7-6-10-28(29)31)52-27-13-17-34-42-43-37(46(34)24-27)45-19-8-5-9-20-45/h6-7,10-14,17,22-24,31-32H,5,8-9,15-16,18-21H2,1-4H3,(H2,40,41,48)/t31-,32+/m0/s1. The van der Waals surface area contributed by atoms with Crippen LogP contribution in [0, 0.1) is 0 Å². The van der Waals surface area contributed by atoms with Crippen LogP contribution in [-0.2, 0) is 26.1 Å². The maximum Gasteiger partial charge on any atom is 0.320 e. The second-order valence-electron chi connectivity index (χ2n) is 14.7. The van der Waals surface area contributed by atoms with Gasteiger partial charge in [-0.2, -0.15) is 13.5 Å². The molecule has 2 amide bonds. The molecule has 7 rings (SSSR count). The Balaban J connectivity index is 1.08. The Morgan fingerprint density at radius 2 is 1.75 bits per heavy atom. The van der Waals surface area contributed by atoms with E-state index in [2.05, 4.69) is 52.6 Å². The molecule has 2 aromatic carbocycles. The molecular weight excluding hydrogens is 716 g/mol. The van der Waals surface area contributed by atoms with Crippen molar-refractivity contribution in [3.8, 4) is 11.4 Å². The zero-order chi connectivity index (χ0) is 37.3. The third-order valence-electron chi connectivity index (χ3n) is 9.68. The van der Waals surface area contributed by atoms with Crippen LogP contribution in [0.15, 0.2) is 66.9 Å². The number of ether oxygens (including phenoxy) is 1. The third kappa shape index (κ3) is 8.45. The SMILES string of the molecule is CC(C)(C)c1cc(NC(=O)N[C@H]2CC[C@@H](Oc3ccc4nnc(N5CCCCC5)n4c3)c3ccccc32)n(-c2ccc(Cl)c(CCOS(C)(=O)=O)c2)n1. The predicted octanol–water partition coefficient (Wildman–Crippen LogP) is 7.15. The highest BCUT2D eigenvalue weighted by Crippen LogP contribution is 2.39. The average molecular weight is 761 g/mol. The lowest BCUT2D eigenvalue weighted by Gasteiger charge is -2.32. The van der Waals surface area contributed by atoms with Crippen molar-refractivity contribution in [3.63, 3.8) is 0 Å². The lowest BCUT2D eigenvalue weighted by Crippen LogP contribution is -2.36. The fourth-order valence-electron chi connectivity index (χ4n) is 6.96. The van der Waals surface area contributed by atoms with Gasteiger partial charge in [0.05, 0.1) is 36.5 Å². The van der Waals surface area contributed by atoms with E-state index in [-0.39, 0.29) is 36.6 Å². The van der Waals surface area contributed by atoms with Crippen LogP contribution < -0.4 is 20.3 Å². The zero-order valence-corrected chi connectivity index (χ0v) is 32.0. The summed E-state index contributed by atoms with van der Waals surface area (Å²) in [5.74, 6) is 2.05. The number of benzene rings is 2. The lowest BCUT2D eigenvalue weighted by atomic mass is 9.85. The highest BCUT2D eigenvalue weighted by atomic mass is 35.5. The summed E-state index contributed by atoms with van der Waals surface area (Å²) in [6.45, 7) is 8.04. The molecular formula is C38H45ClN8O5S. The maximum atomic E-state index is 13.7. The molecule has 3 aromatic heterocycles. The van der Waals surface area contributed by atoms with Crippen LogP contribution in [0.25, 0.3) is 11.3 Å². The first-order valence-electron chi connectivity index (χ1n) is 18.0. The number of hydrogen-bond donors (Lipinski definition) is 2. The number of amides is 2. The van der Waals surface area contributed by atoms with E-state index in [1.165, 1.54) is 6.42 Å². The van der Waals surface area contributed by atoms with Gasteiger partial charge in [-0.05, 0) is 85.5 Å². The molecule has 13 nitrogen and oxygen atoms in total. The molecule has 1 fully saturated rings. The van der Waals surface area contributed by atoms with Crippen molar-refractivity contribution >= 4 is 45.2 Å². The minimum Gasteiger partial charge on any atom is -0.484 e. The summed E-state index contributed by atoms with van der Waals surface area (Å²) in [6, 6.07) is 18.6. The number of fused-ring (bicyclic) bond motifs is 2. The predicted molar refractivity (Wildman–Crippen MR) is 205 cm³/mol. The van der Waals surface area contributed by atoms with Crippen molar-refractivity contribution in [2.24, 2.45) is 0 Å². The lowest BCUT2D eigenvalue weighted by molar-refractivity contribution is 0.171. The molecule has 0 spiro atoms. The number of rotatable bonds is 10. The molecule has 1 aliphatic heterocycles. The van der Waals surface area contributed by atoms with Crippen LogP contribution in [0.5, 0.6) is 5.75 Å². The number of anilines is 2. The second-order valence-corrected chi connectivity index (χ2v) is 16.8. The Labute approximate surface area is 314 Å². The summed E-state index contributed by atoms with van der Waals surface area (Å²) in [5, 5.41) is 20.4. The number of aromatic nitrogens is 5. The summed E-state index contributed by atoms with van der Waals surface area (Å²) in [4.78, 5) is 16.0. The highest BCUT2D eigenvalue weighted by Gasteiger charge is 2.30. The minimum atomic E-state index is -3.59.